The number of carbonyl (C=O) groups excluding carboxylic acids is 1. The molecule has 0 aromatic heterocycles. The van der Waals surface area contributed by atoms with Gasteiger partial charge in [0.15, 0.2) is 0 Å². The number of methoxy groups -OCH3 is 1. The number of carbonyl (C=O) groups is 2. The topological polar surface area (TPSA) is 95.9 Å². The number of ether oxygens (including phenoxy) is 1. The van der Waals surface area contributed by atoms with Gasteiger partial charge in [-0.3, -0.25) is 9.59 Å². The SMILES string of the molecule is COc1ccc(C(=O)NCC(CC(C)C)C(=O)O)c(O)c1. The minimum absolute atomic E-state index is 0.0256. The summed E-state index contributed by atoms with van der Waals surface area (Å²) in [5, 5.41) is 21.4. The molecule has 21 heavy (non-hydrogen) atoms. The van der Waals surface area contributed by atoms with E-state index in [2.05, 4.69) is 5.32 Å². The van der Waals surface area contributed by atoms with Crippen LogP contribution in [0.15, 0.2) is 18.2 Å². The van der Waals surface area contributed by atoms with Crippen molar-refractivity contribution >= 4 is 11.9 Å². The summed E-state index contributed by atoms with van der Waals surface area (Å²) in [6.45, 7) is 3.87. The van der Waals surface area contributed by atoms with Gasteiger partial charge in [-0.2, -0.15) is 0 Å². The third-order valence-corrected chi connectivity index (χ3v) is 3.06. The Bertz CT molecular complexity index is 513. The molecule has 0 bridgehead atoms. The lowest BCUT2D eigenvalue weighted by molar-refractivity contribution is -0.142. The quantitative estimate of drug-likeness (QED) is 0.713. The molecule has 6 heteroatoms. The van der Waals surface area contributed by atoms with Crippen molar-refractivity contribution in [3.63, 3.8) is 0 Å². The van der Waals surface area contributed by atoms with Gasteiger partial charge in [0.2, 0.25) is 0 Å². The van der Waals surface area contributed by atoms with E-state index in [-0.39, 0.29) is 23.8 Å². The van der Waals surface area contributed by atoms with Crippen LogP contribution in [0.5, 0.6) is 11.5 Å². The maximum Gasteiger partial charge on any atom is 0.308 e. The molecule has 6 nitrogen and oxygen atoms in total. The average Bonchev–Trinajstić information content (AvgIpc) is 2.42. The van der Waals surface area contributed by atoms with E-state index in [1.807, 2.05) is 13.8 Å². The van der Waals surface area contributed by atoms with Crippen LogP contribution in [-0.4, -0.2) is 35.7 Å². The van der Waals surface area contributed by atoms with Gasteiger partial charge in [-0.25, -0.2) is 0 Å². The molecule has 0 saturated carbocycles. The van der Waals surface area contributed by atoms with E-state index in [1.165, 1.54) is 19.2 Å². The van der Waals surface area contributed by atoms with Crippen LogP contribution in [0.4, 0.5) is 0 Å². The fourth-order valence-corrected chi connectivity index (χ4v) is 1.98. The van der Waals surface area contributed by atoms with E-state index in [0.29, 0.717) is 12.2 Å². The van der Waals surface area contributed by atoms with Crippen LogP contribution in [0.25, 0.3) is 0 Å². The van der Waals surface area contributed by atoms with Crippen LogP contribution >= 0.6 is 0 Å². The molecule has 1 unspecified atom stereocenters. The monoisotopic (exact) mass is 295 g/mol. The third kappa shape index (κ3) is 4.98. The number of hydrogen-bond donors (Lipinski definition) is 3. The average molecular weight is 295 g/mol. The van der Waals surface area contributed by atoms with E-state index < -0.39 is 17.8 Å². The van der Waals surface area contributed by atoms with Crippen molar-refractivity contribution in [1.82, 2.24) is 5.32 Å². The summed E-state index contributed by atoms with van der Waals surface area (Å²) in [7, 11) is 1.46. The predicted molar refractivity (Wildman–Crippen MR) is 77.6 cm³/mol. The van der Waals surface area contributed by atoms with Gasteiger partial charge in [0.1, 0.15) is 11.5 Å². The number of amides is 1. The zero-order valence-electron chi connectivity index (χ0n) is 12.4. The molecular weight excluding hydrogens is 274 g/mol. The molecule has 0 spiro atoms. The molecule has 1 amide bonds. The summed E-state index contributed by atoms with van der Waals surface area (Å²) in [5.74, 6) is -1.64. The lowest BCUT2D eigenvalue weighted by Gasteiger charge is -2.15. The second-order valence-electron chi connectivity index (χ2n) is 5.26. The van der Waals surface area contributed by atoms with Gasteiger partial charge in [0, 0.05) is 12.6 Å². The summed E-state index contributed by atoms with van der Waals surface area (Å²) >= 11 is 0. The van der Waals surface area contributed by atoms with Crippen molar-refractivity contribution in [1.29, 1.82) is 0 Å². The number of phenolic OH excluding ortho intramolecular Hbond substituents is 1. The largest absolute Gasteiger partial charge is 0.507 e. The Hall–Kier alpha value is -2.24. The van der Waals surface area contributed by atoms with Gasteiger partial charge in [-0.15, -0.1) is 0 Å². The number of benzene rings is 1. The molecule has 0 aliphatic heterocycles. The Morgan fingerprint density at radius 1 is 1.33 bits per heavy atom. The van der Waals surface area contributed by atoms with E-state index >= 15 is 0 Å². The smallest absolute Gasteiger partial charge is 0.308 e. The molecule has 1 rings (SSSR count). The second kappa shape index (κ2) is 7.52. The number of nitrogens with one attached hydrogen (secondary N) is 1. The minimum atomic E-state index is -0.942. The van der Waals surface area contributed by atoms with Crippen LogP contribution < -0.4 is 10.1 Å². The van der Waals surface area contributed by atoms with Gasteiger partial charge in [0.25, 0.3) is 5.91 Å². The van der Waals surface area contributed by atoms with Crippen LogP contribution in [-0.2, 0) is 4.79 Å². The fourth-order valence-electron chi connectivity index (χ4n) is 1.98. The molecule has 0 fully saturated rings. The van der Waals surface area contributed by atoms with E-state index in [1.54, 1.807) is 6.07 Å². The van der Waals surface area contributed by atoms with Crippen molar-refractivity contribution in [3.8, 4) is 11.5 Å². The first kappa shape index (κ1) is 16.8. The number of phenols is 1. The molecule has 1 aromatic carbocycles. The number of rotatable bonds is 7. The van der Waals surface area contributed by atoms with Crippen molar-refractivity contribution in [2.45, 2.75) is 20.3 Å². The number of aromatic hydroxyl groups is 1. The Kier molecular flexibility index (Phi) is 6.02. The van der Waals surface area contributed by atoms with Gasteiger partial charge in [-0.05, 0) is 24.5 Å². The Labute approximate surface area is 123 Å². The highest BCUT2D eigenvalue weighted by Crippen LogP contribution is 2.23. The Morgan fingerprint density at radius 2 is 2.00 bits per heavy atom. The normalized spacial score (nSPS) is 12.0. The predicted octanol–water partition coefficient (Wildman–Crippen LogP) is 1.88. The zero-order valence-corrected chi connectivity index (χ0v) is 12.4. The first-order valence-electron chi connectivity index (χ1n) is 6.73. The molecule has 0 saturated heterocycles. The molecule has 116 valence electrons. The molecule has 0 aliphatic carbocycles. The third-order valence-electron chi connectivity index (χ3n) is 3.06. The van der Waals surface area contributed by atoms with Gasteiger partial charge < -0.3 is 20.3 Å². The maximum absolute atomic E-state index is 12.0. The Morgan fingerprint density at radius 3 is 2.48 bits per heavy atom. The molecule has 1 atom stereocenters. The van der Waals surface area contributed by atoms with Crippen LogP contribution in [0.1, 0.15) is 30.6 Å². The standard InChI is InChI=1S/C15H21NO5/c1-9(2)6-10(15(19)20)8-16-14(18)12-5-4-11(21-3)7-13(12)17/h4-5,7,9-10,17H,6,8H2,1-3H3,(H,16,18)(H,19,20). The number of carboxylic acid groups (broad SMARTS) is 1. The molecule has 0 radical (unpaired) electrons. The van der Waals surface area contributed by atoms with Gasteiger partial charge in [0.05, 0.1) is 18.6 Å². The van der Waals surface area contributed by atoms with E-state index in [9.17, 15) is 14.7 Å². The molecule has 1 aromatic rings. The first-order chi connectivity index (χ1) is 9.85. The highest BCUT2D eigenvalue weighted by molar-refractivity contribution is 5.97. The summed E-state index contributed by atoms with van der Waals surface area (Å²) in [5.41, 5.74) is 0.0875. The van der Waals surface area contributed by atoms with Crippen molar-refractivity contribution in [2.75, 3.05) is 13.7 Å². The van der Waals surface area contributed by atoms with Crippen LogP contribution in [0.3, 0.4) is 0 Å². The lowest BCUT2D eigenvalue weighted by atomic mass is 9.97. The van der Waals surface area contributed by atoms with E-state index in [0.717, 1.165) is 0 Å². The summed E-state index contributed by atoms with van der Waals surface area (Å²) in [6, 6.07) is 4.32. The molecule has 3 N–H and O–H groups in total. The van der Waals surface area contributed by atoms with Crippen LogP contribution in [0.2, 0.25) is 0 Å². The Balaban J connectivity index is 2.70. The minimum Gasteiger partial charge on any atom is -0.507 e. The van der Waals surface area contributed by atoms with E-state index in [4.69, 9.17) is 9.84 Å². The fraction of sp³-hybridized carbons (Fsp3) is 0.467. The summed E-state index contributed by atoms with van der Waals surface area (Å²) < 4.78 is 4.93. The lowest BCUT2D eigenvalue weighted by Crippen LogP contribution is -2.33. The highest BCUT2D eigenvalue weighted by Gasteiger charge is 2.21. The van der Waals surface area contributed by atoms with Crippen molar-refractivity contribution in [2.24, 2.45) is 11.8 Å². The second-order valence-corrected chi connectivity index (χ2v) is 5.26. The first-order valence-corrected chi connectivity index (χ1v) is 6.73. The van der Waals surface area contributed by atoms with Gasteiger partial charge >= 0.3 is 5.97 Å². The van der Waals surface area contributed by atoms with Gasteiger partial charge in [-0.1, -0.05) is 13.8 Å². The molecule has 0 aliphatic rings. The number of hydrogen-bond acceptors (Lipinski definition) is 4. The van der Waals surface area contributed by atoms with Crippen molar-refractivity contribution in [3.05, 3.63) is 23.8 Å². The van der Waals surface area contributed by atoms with Crippen molar-refractivity contribution < 1.29 is 24.5 Å². The summed E-state index contributed by atoms with van der Waals surface area (Å²) in [4.78, 5) is 23.1. The molecular formula is C15H21NO5. The highest BCUT2D eigenvalue weighted by atomic mass is 16.5. The molecule has 0 heterocycles. The van der Waals surface area contributed by atoms with Crippen LogP contribution in [0, 0.1) is 11.8 Å². The maximum atomic E-state index is 12.0. The number of aliphatic carboxylic acids is 1. The number of carboxylic acids is 1. The zero-order chi connectivity index (χ0) is 16.0. The summed E-state index contributed by atoms with van der Waals surface area (Å²) in [6.07, 6.45) is 0.476.